The second-order valence-electron chi connectivity index (χ2n) is 40.7. The molecule has 756 valence electrons. The number of aliphatic carboxylic acids is 4. The number of nitrogens with two attached hydrogens (primary N) is 4. The zero-order chi connectivity index (χ0) is 100. The van der Waals surface area contributed by atoms with Gasteiger partial charge in [0.25, 0.3) is 0 Å². The molecule has 0 saturated carbocycles. The number of carbonyl (C=O) groups is 16. The predicted octanol–water partition coefficient (Wildman–Crippen LogP) is 0.945. The number of aliphatic hydroxyl groups excluding tert-OH is 1. The third-order valence-electron chi connectivity index (χ3n) is 30.6. The SMILES string of the molecule is CC(=O)C[C@H](C)[C@H]1C(=O)N2C(C(=O)O)=C(S[C@@H]3CN[C@H](C(=O)N4CC[C@@H](N)C4)C3)[C@H](C)[C@H]12.CC(=O)C[C@H](C)[C@H]1C(=O)N2C(C(=O)O)=C(S[C@@H]3CN[C@H](C(=O)N4CC[C@H](N=CN)C4)C3)[C@H](C)[C@@H]12.CC(=O)C[C@H](C)[C@H]1C(=O)N2C(C(=O)O)=C(S[C@@H]3CN[C@H](C(=O)N4CC[C@H](n5cc(CN)nn5)C4)C3)[C@H](C)[C@@H]12.CC(=O)C[C@H](C)[C@H]1C(=O)N2C(C(=O)O)=C(S[C@@H]3CN[C@H](C(=O)N4C[C@H](N)C[C@H]4CO)C3)[C@H](C)[C@@H]12. The van der Waals surface area contributed by atoms with Gasteiger partial charge in [0, 0.05) is 181 Å². The van der Waals surface area contributed by atoms with Gasteiger partial charge in [-0.05, 0) is 103 Å². The Bertz CT molecular complexity index is 5170. The van der Waals surface area contributed by atoms with Gasteiger partial charge in [-0.25, -0.2) is 23.9 Å². The van der Waals surface area contributed by atoms with Crippen molar-refractivity contribution in [1.29, 1.82) is 0 Å². The van der Waals surface area contributed by atoms with Crippen LogP contribution in [0.4, 0.5) is 0 Å². The van der Waals surface area contributed by atoms with Crippen LogP contribution in [0.25, 0.3) is 0 Å². The molecule has 17 rings (SSSR count). The Labute approximate surface area is 818 Å². The second kappa shape index (κ2) is 43.4. The van der Waals surface area contributed by atoms with Crippen molar-refractivity contribution in [1.82, 2.24) is 75.5 Å². The van der Waals surface area contributed by atoms with Gasteiger partial charge in [0.1, 0.15) is 45.9 Å². The summed E-state index contributed by atoms with van der Waals surface area (Å²) in [5, 5.41) is 70.7. The van der Waals surface area contributed by atoms with Gasteiger partial charge < -0.3 is 128 Å². The minimum Gasteiger partial charge on any atom is -0.477 e. The average Bonchev–Trinajstić information content (AvgIpc) is 1.56. The Morgan fingerprint density at radius 2 is 0.775 bits per heavy atom. The molecule has 17 heterocycles. The van der Waals surface area contributed by atoms with Crippen molar-refractivity contribution in [2.75, 3.05) is 78.6 Å². The van der Waals surface area contributed by atoms with Gasteiger partial charge >= 0.3 is 23.9 Å². The van der Waals surface area contributed by atoms with E-state index in [-0.39, 0.29) is 264 Å². The molecule has 0 bridgehead atoms. The number of carboxylic acids is 4. The molecule has 0 spiro atoms. The lowest BCUT2D eigenvalue weighted by molar-refractivity contribution is -0.160. The summed E-state index contributed by atoms with van der Waals surface area (Å²) in [7, 11) is 0. The lowest BCUT2D eigenvalue weighted by Gasteiger charge is -2.47. The standard InChI is InChI=1S/C25H35N7O5S.C23H33N5O5S.C23H34N4O6S.C22H32N4O5S/c1-12(6-13(2)33)19-20-14(3)22(21(25(36)37)32(20)24(19)35)38-17-7-18(27-9-17)23(34)30-5-4-16(11-30)31-10-15(8-26)28-29-31;1-11(6-12(2)29)17-18-13(3)20(19(23(32)33)28(18)22(17)31)34-15-7-16(25-8-15)21(30)27-5-4-14(9-27)26-10-24;1-10(4-11(2)29)17-18-12(3)20(19(23(32)33)27(18)22(17)31)34-15-6-16(25-7-15)21(30)26-8-13(24)5-14(26)9-28;1-10(6-11(2)27)16-17-12(3)19(18(22(30)31)26(17)21(16)29)32-14-7-15(24-8-14)20(28)25-5-4-13(23)9-25/h10,12,14,16-20,27H,4-9,11,26H2,1-3H3,(H,36,37);10-11,13-18,25H,4-9H2,1-3H3,(H2,24,26)(H,32,33);10,12-18,25,28H,4-9,24H2,1-3H3,(H,32,33);10,12-17,24H,4-9,23H2,1-3H3,(H,30,31)/t12-,14+,16-,17-,18-,19+,20-;11-,13+,14-,15-,16-,17+,18-;10-,12+,13+,14-,15-,16-,17+,18-;10-,12+,13+,14-,15-,16+,17+/m0000/s1. The quantitative estimate of drug-likeness (QED) is 0.0271. The number of aliphatic hydroxyl groups is 1. The van der Waals surface area contributed by atoms with Crippen LogP contribution in [0.1, 0.15) is 172 Å². The lowest BCUT2D eigenvalue weighted by Crippen LogP contribution is -2.62. The summed E-state index contributed by atoms with van der Waals surface area (Å²) in [5.41, 5.74) is 23.9. The number of hydrogen-bond donors (Lipinski definition) is 13. The molecule has 0 aromatic carbocycles. The molecule has 138 heavy (non-hydrogen) atoms. The number of carbonyl (C=O) groups excluding carboxylic acids is 12. The number of hydrogen-bond acceptors (Lipinski definition) is 31. The van der Waals surface area contributed by atoms with E-state index in [1.54, 1.807) is 14.5 Å². The maximum atomic E-state index is 13.3. The maximum absolute atomic E-state index is 13.3. The number of nitrogens with one attached hydrogen (secondary N) is 4. The average molecular weight is 2000 g/mol. The van der Waals surface area contributed by atoms with Crippen LogP contribution in [0.3, 0.4) is 0 Å². The third-order valence-corrected chi connectivity index (χ3v) is 36.7. The Hall–Kier alpha value is -9.03. The van der Waals surface area contributed by atoms with Crippen molar-refractivity contribution in [3.05, 3.63) is 54.3 Å². The molecule has 0 aliphatic carbocycles. The minimum atomic E-state index is -1.13. The molecule has 17 N–H and O–H groups in total. The Kier molecular flexibility index (Phi) is 33.0. The predicted molar refractivity (Wildman–Crippen MR) is 511 cm³/mol. The van der Waals surface area contributed by atoms with Gasteiger partial charge in [0.2, 0.25) is 47.3 Å². The van der Waals surface area contributed by atoms with Crippen LogP contribution in [0.2, 0.25) is 0 Å². The van der Waals surface area contributed by atoms with Crippen LogP contribution in [0.5, 0.6) is 0 Å². The third kappa shape index (κ3) is 21.0. The largest absolute Gasteiger partial charge is 0.477 e. The van der Waals surface area contributed by atoms with E-state index < -0.39 is 29.9 Å². The smallest absolute Gasteiger partial charge is 0.353 e. The number of amides is 8. The number of rotatable bonds is 32. The Morgan fingerprint density at radius 3 is 1.07 bits per heavy atom. The zero-order valence-corrected chi connectivity index (χ0v) is 83.4. The highest BCUT2D eigenvalue weighted by atomic mass is 32.2. The van der Waals surface area contributed by atoms with E-state index in [2.05, 4.69) is 36.6 Å². The fourth-order valence-electron chi connectivity index (χ4n) is 24.2. The molecule has 0 radical (unpaired) electrons. The molecule has 0 unspecified atom stereocenters. The molecule has 1 aromatic rings. The molecular weight excluding hydrogens is 1860 g/mol. The molecule has 16 aliphatic heterocycles. The summed E-state index contributed by atoms with van der Waals surface area (Å²) in [5.74, 6) is -7.61. The van der Waals surface area contributed by atoms with Crippen molar-refractivity contribution >= 4 is 148 Å². The normalized spacial score (nSPS) is 34.1. The fraction of sp³-hybridized carbons (Fsp3) is 0.710. The van der Waals surface area contributed by atoms with Gasteiger partial charge in [-0.3, -0.25) is 43.3 Å². The summed E-state index contributed by atoms with van der Waals surface area (Å²) in [4.78, 5) is 218. The van der Waals surface area contributed by atoms with Crippen LogP contribution in [-0.4, -0.2) is 352 Å². The summed E-state index contributed by atoms with van der Waals surface area (Å²) >= 11 is 5.87. The van der Waals surface area contributed by atoms with Crippen molar-refractivity contribution in [2.24, 2.45) is 98.9 Å². The number of carboxylic acid groups (broad SMARTS) is 4. The molecule has 41 nitrogen and oxygen atoms in total. The first-order valence-corrected chi connectivity index (χ1v) is 51.8. The number of Topliss-reactive ketones (excluding diaryl/α,β-unsaturated/α-hetero) is 4. The molecule has 12 fully saturated rings. The fourth-order valence-corrected chi connectivity index (χ4v) is 30.1. The summed E-state index contributed by atoms with van der Waals surface area (Å²) in [6, 6.07) is -2.55. The van der Waals surface area contributed by atoms with E-state index in [0.29, 0.717) is 156 Å². The van der Waals surface area contributed by atoms with Crippen LogP contribution < -0.4 is 44.2 Å². The van der Waals surface area contributed by atoms with Crippen molar-refractivity contribution in [2.45, 2.75) is 266 Å². The van der Waals surface area contributed by atoms with Crippen molar-refractivity contribution < 1.29 is 102 Å². The number of ketones is 4. The first-order chi connectivity index (χ1) is 65.4. The number of aromatic nitrogens is 3. The molecule has 12 saturated heterocycles. The number of β-lactam (4-membered cyclic amide) rings is 4. The Morgan fingerprint density at radius 1 is 0.457 bits per heavy atom. The molecule has 16 aliphatic rings. The molecule has 1 aromatic heterocycles. The van der Waals surface area contributed by atoms with Crippen LogP contribution in [0.15, 0.2) is 53.6 Å². The van der Waals surface area contributed by atoms with Gasteiger partial charge in [0.15, 0.2) is 0 Å². The van der Waals surface area contributed by atoms with E-state index in [1.165, 1.54) is 101 Å². The Balaban J connectivity index is 0.000000147. The van der Waals surface area contributed by atoms with Crippen LogP contribution in [0, 0.1) is 71.0 Å². The van der Waals surface area contributed by atoms with E-state index in [0.717, 1.165) is 25.0 Å². The minimum absolute atomic E-state index is 0.0125. The zero-order valence-electron chi connectivity index (χ0n) is 80.2. The molecule has 8 amide bonds. The number of likely N-dealkylation sites (tertiary alicyclic amines) is 4. The number of fused-ring (bicyclic) bond motifs is 4. The first-order valence-electron chi connectivity index (χ1n) is 48.3. The van der Waals surface area contributed by atoms with E-state index >= 15 is 0 Å². The van der Waals surface area contributed by atoms with Gasteiger partial charge in [0.05, 0.1) is 115 Å². The summed E-state index contributed by atoms with van der Waals surface area (Å²) in [6.07, 6.45) is 9.64. The molecular formula is C93H134N20O21S4. The van der Waals surface area contributed by atoms with E-state index in [9.17, 15) is 102 Å². The maximum Gasteiger partial charge on any atom is 0.353 e. The van der Waals surface area contributed by atoms with Crippen molar-refractivity contribution in [3.63, 3.8) is 0 Å². The number of thioether (sulfide) groups is 4. The van der Waals surface area contributed by atoms with Gasteiger partial charge in [-0.15, -0.1) is 52.1 Å². The highest BCUT2D eigenvalue weighted by molar-refractivity contribution is 8.04. The monoisotopic (exact) mass is 1990 g/mol. The highest BCUT2D eigenvalue weighted by Gasteiger charge is 2.65. The van der Waals surface area contributed by atoms with E-state index in [4.69, 9.17) is 22.9 Å². The van der Waals surface area contributed by atoms with Crippen LogP contribution >= 0.6 is 47.0 Å². The second-order valence-corrected chi connectivity index (χ2v) is 46.1. The lowest BCUT2D eigenvalue weighted by atomic mass is 9.73. The summed E-state index contributed by atoms with van der Waals surface area (Å²) < 4.78 is 1.78. The number of aliphatic imine (C=N–C) groups is 1. The molecule has 45 heteroatoms. The number of nitrogens with zero attached hydrogens (tertiary/aromatic N) is 12. The molecule has 29 atom stereocenters. The van der Waals surface area contributed by atoms with Gasteiger partial charge in [-0.1, -0.05) is 60.6 Å². The van der Waals surface area contributed by atoms with Crippen molar-refractivity contribution in [3.8, 4) is 0 Å². The van der Waals surface area contributed by atoms with E-state index in [1.807, 2.05) is 71.4 Å². The first kappa shape index (κ1) is 105. The van der Waals surface area contributed by atoms with Crippen LogP contribution in [-0.2, 0) is 83.3 Å². The topological polar surface area (TPSA) is 595 Å². The highest BCUT2D eigenvalue weighted by Crippen LogP contribution is 2.58. The van der Waals surface area contributed by atoms with Gasteiger partial charge in [-0.2, -0.15) is 0 Å². The summed E-state index contributed by atoms with van der Waals surface area (Å²) in [6.45, 7) is 28.0.